The molecule has 0 aliphatic carbocycles. The Bertz CT molecular complexity index is 320. The summed E-state index contributed by atoms with van der Waals surface area (Å²) in [6, 6.07) is 1.42. The normalized spacial score (nSPS) is 10.5. The van der Waals surface area contributed by atoms with Crippen molar-refractivity contribution in [1.29, 1.82) is 0 Å². The highest BCUT2D eigenvalue weighted by atomic mass is 127. The zero-order valence-corrected chi connectivity index (χ0v) is 8.88. The van der Waals surface area contributed by atoms with Crippen LogP contribution in [0.1, 0.15) is 12.0 Å². The molecule has 1 aromatic heterocycles. The van der Waals surface area contributed by atoms with Gasteiger partial charge >= 0.3 is 0 Å². The van der Waals surface area contributed by atoms with Gasteiger partial charge in [0.05, 0.1) is 7.11 Å². The van der Waals surface area contributed by atoms with Crippen LogP contribution < -0.4 is 10.5 Å². The highest BCUT2D eigenvalue weighted by molar-refractivity contribution is 14.1. The van der Waals surface area contributed by atoms with Crippen LogP contribution in [0.3, 0.4) is 0 Å². The van der Waals surface area contributed by atoms with E-state index in [1.807, 2.05) is 22.6 Å². The zero-order chi connectivity index (χ0) is 10.0. The lowest BCUT2D eigenvalue weighted by atomic mass is 10.2. The van der Waals surface area contributed by atoms with Crippen LogP contribution in [0.15, 0.2) is 6.07 Å². The maximum Gasteiger partial charge on any atom is 0.270 e. The molecular formula is C7H7F2IN2O. The van der Waals surface area contributed by atoms with E-state index in [1.54, 1.807) is 0 Å². The molecule has 0 aromatic carbocycles. The van der Waals surface area contributed by atoms with Crippen LogP contribution in [0.2, 0.25) is 0 Å². The van der Waals surface area contributed by atoms with Gasteiger partial charge in [0.2, 0.25) is 0 Å². The lowest BCUT2D eigenvalue weighted by Gasteiger charge is -2.09. The number of ether oxygens (including phenoxy) is 1. The fourth-order valence-corrected chi connectivity index (χ4v) is 1.45. The number of hydrogen-bond acceptors (Lipinski definition) is 3. The smallest absolute Gasteiger partial charge is 0.270 e. The van der Waals surface area contributed by atoms with Gasteiger partial charge in [-0.2, -0.15) is 0 Å². The van der Waals surface area contributed by atoms with Crippen LogP contribution in [-0.2, 0) is 0 Å². The summed E-state index contributed by atoms with van der Waals surface area (Å²) in [5.74, 6) is -0.106. The van der Waals surface area contributed by atoms with Gasteiger partial charge in [0.1, 0.15) is 20.8 Å². The molecule has 2 N–H and O–H groups in total. The highest BCUT2D eigenvalue weighted by Gasteiger charge is 2.19. The molecule has 0 aliphatic rings. The Labute approximate surface area is 87.4 Å². The number of halogens is 3. The number of pyridine rings is 1. The molecule has 0 saturated heterocycles. The molecule has 0 atom stereocenters. The Hall–Kier alpha value is -0.660. The van der Waals surface area contributed by atoms with Gasteiger partial charge < -0.3 is 10.5 Å². The van der Waals surface area contributed by atoms with Crippen molar-refractivity contribution in [2.75, 3.05) is 12.8 Å². The summed E-state index contributed by atoms with van der Waals surface area (Å²) in [7, 11) is 1.32. The minimum absolute atomic E-state index is 0.0758. The monoisotopic (exact) mass is 300 g/mol. The summed E-state index contributed by atoms with van der Waals surface area (Å²) in [5.41, 5.74) is 4.98. The molecule has 13 heavy (non-hydrogen) atoms. The topological polar surface area (TPSA) is 48.1 Å². The van der Waals surface area contributed by atoms with Crippen LogP contribution in [0.4, 0.5) is 14.6 Å². The van der Waals surface area contributed by atoms with E-state index in [4.69, 9.17) is 10.5 Å². The summed E-state index contributed by atoms with van der Waals surface area (Å²) >= 11 is 1.88. The summed E-state index contributed by atoms with van der Waals surface area (Å²) < 4.78 is 30.1. The van der Waals surface area contributed by atoms with E-state index < -0.39 is 6.43 Å². The Balaban J connectivity index is 3.30. The van der Waals surface area contributed by atoms with Crippen molar-refractivity contribution in [2.24, 2.45) is 0 Å². The fourth-order valence-electron chi connectivity index (χ4n) is 0.908. The summed E-state index contributed by atoms with van der Waals surface area (Å²) in [6.07, 6.45) is -2.67. The predicted molar refractivity (Wildman–Crippen MR) is 52.9 cm³/mol. The van der Waals surface area contributed by atoms with Gasteiger partial charge in [-0.3, -0.25) is 0 Å². The van der Waals surface area contributed by atoms with E-state index in [0.717, 1.165) is 0 Å². The molecule has 0 fully saturated rings. The van der Waals surface area contributed by atoms with Gasteiger partial charge in [0.15, 0.2) is 0 Å². The van der Waals surface area contributed by atoms with Crippen LogP contribution in [0, 0.1) is 3.70 Å². The Morgan fingerprint density at radius 2 is 2.23 bits per heavy atom. The fraction of sp³-hybridized carbons (Fsp3) is 0.286. The molecule has 6 heteroatoms. The first-order valence-electron chi connectivity index (χ1n) is 3.34. The molecule has 0 unspecified atom stereocenters. The third-order valence-corrected chi connectivity index (χ3v) is 2.01. The zero-order valence-electron chi connectivity index (χ0n) is 6.72. The average Bonchev–Trinajstić information content (AvgIpc) is 2.01. The minimum atomic E-state index is -2.67. The summed E-state index contributed by atoms with van der Waals surface area (Å²) in [4.78, 5) is 3.71. The Morgan fingerprint density at radius 1 is 1.62 bits per heavy atom. The van der Waals surface area contributed by atoms with E-state index >= 15 is 0 Å². The molecular weight excluding hydrogens is 293 g/mol. The first-order chi connectivity index (χ1) is 6.06. The third-order valence-electron chi connectivity index (χ3n) is 1.46. The number of hydrogen-bond donors (Lipinski definition) is 1. The van der Waals surface area contributed by atoms with Gasteiger partial charge in [0, 0.05) is 6.07 Å². The van der Waals surface area contributed by atoms with Gasteiger partial charge in [-0.25, -0.2) is 13.8 Å². The number of rotatable bonds is 2. The van der Waals surface area contributed by atoms with E-state index in [-0.39, 0.29) is 17.1 Å². The Morgan fingerprint density at radius 3 is 2.69 bits per heavy atom. The second-order valence-corrected chi connectivity index (χ2v) is 3.35. The van der Waals surface area contributed by atoms with Gasteiger partial charge in [-0.1, -0.05) is 0 Å². The molecule has 0 bridgehead atoms. The van der Waals surface area contributed by atoms with E-state index in [2.05, 4.69) is 4.98 Å². The predicted octanol–water partition coefficient (Wildman–Crippen LogP) is 2.21. The molecule has 0 aliphatic heterocycles. The van der Waals surface area contributed by atoms with Crippen molar-refractivity contribution < 1.29 is 13.5 Å². The SMILES string of the molecule is COc1cc(I)nc(N)c1C(F)F. The van der Waals surface area contributed by atoms with Crippen molar-refractivity contribution in [2.45, 2.75) is 6.43 Å². The van der Waals surface area contributed by atoms with E-state index in [0.29, 0.717) is 3.70 Å². The highest BCUT2D eigenvalue weighted by Crippen LogP contribution is 2.33. The van der Waals surface area contributed by atoms with Crippen molar-refractivity contribution in [3.63, 3.8) is 0 Å². The standard InChI is InChI=1S/C7H7F2IN2O/c1-13-3-2-4(10)12-7(11)5(3)6(8)9/h2,6H,1H3,(H2,11,12). The number of alkyl halides is 2. The third kappa shape index (κ3) is 2.17. The number of anilines is 1. The number of aromatic nitrogens is 1. The lowest BCUT2D eigenvalue weighted by molar-refractivity contribution is 0.147. The first kappa shape index (κ1) is 10.4. The molecule has 72 valence electrons. The average molecular weight is 300 g/mol. The first-order valence-corrected chi connectivity index (χ1v) is 4.42. The maximum atomic E-state index is 12.4. The lowest BCUT2D eigenvalue weighted by Crippen LogP contribution is -2.03. The second kappa shape index (κ2) is 4.03. The van der Waals surface area contributed by atoms with Crippen LogP contribution in [-0.4, -0.2) is 12.1 Å². The van der Waals surface area contributed by atoms with Crippen molar-refractivity contribution in [3.05, 3.63) is 15.3 Å². The van der Waals surface area contributed by atoms with E-state index in [9.17, 15) is 8.78 Å². The molecule has 1 heterocycles. The van der Waals surface area contributed by atoms with Crippen molar-refractivity contribution in [3.8, 4) is 5.75 Å². The second-order valence-electron chi connectivity index (χ2n) is 2.25. The van der Waals surface area contributed by atoms with Crippen LogP contribution in [0.5, 0.6) is 5.75 Å². The van der Waals surface area contributed by atoms with Crippen LogP contribution >= 0.6 is 22.6 Å². The van der Waals surface area contributed by atoms with Gasteiger partial charge in [-0.15, -0.1) is 0 Å². The van der Waals surface area contributed by atoms with Gasteiger partial charge in [-0.05, 0) is 22.6 Å². The maximum absolute atomic E-state index is 12.4. The number of nitrogens with zero attached hydrogens (tertiary/aromatic N) is 1. The summed E-state index contributed by atoms with van der Waals surface area (Å²) in [5, 5.41) is 0. The van der Waals surface area contributed by atoms with Gasteiger partial charge in [0.25, 0.3) is 6.43 Å². The Kier molecular flexibility index (Phi) is 3.23. The van der Waals surface area contributed by atoms with E-state index in [1.165, 1.54) is 13.2 Å². The number of methoxy groups -OCH3 is 1. The van der Waals surface area contributed by atoms with Crippen molar-refractivity contribution >= 4 is 28.4 Å². The number of nitrogens with two attached hydrogens (primary N) is 1. The van der Waals surface area contributed by atoms with Crippen molar-refractivity contribution in [1.82, 2.24) is 4.98 Å². The van der Waals surface area contributed by atoms with Crippen LogP contribution in [0.25, 0.3) is 0 Å². The molecule has 0 saturated carbocycles. The minimum Gasteiger partial charge on any atom is -0.496 e. The molecule has 1 aromatic rings. The number of nitrogen functional groups attached to an aromatic ring is 1. The molecule has 3 nitrogen and oxygen atoms in total. The largest absolute Gasteiger partial charge is 0.496 e. The quantitative estimate of drug-likeness (QED) is 0.673. The summed E-state index contributed by atoms with van der Waals surface area (Å²) in [6.45, 7) is 0. The molecule has 1 rings (SSSR count). The molecule has 0 amide bonds. The molecule has 0 spiro atoms. The molecule has 0 radical (unpaired) electrons.